The topological polar surface area (TPSA) is 81.1 Å². The highest BCUT2D eigenvalue weighted by Crippen LogP contribution is 2.28. The summed E-state index contributed by atoms with van der Waals surface area (Å²) < 4.78 is 7.37. The summed E-state index contributed by atoms with van der Waals surface area (Å²) >= 11 is 0. The van der Waals surface area contributed by atoms with Gasteiger partial charge in [-0.25, -0.2) is 4.68 Å². The average molecular weight is 344 g/mol. The van der Waals surface area contributed by atoms with Crippen molar-refractivity contribution in [3.8, 4) is 0 Å². The van der Waals surface area contributed by atoms with Gasteiger partial charge < -0.3 is 15.4 Å². The monoisotopic (exact) mass is 343 g/mol. The van der Waals surface area contributed by atoms with Gasteiger partial charge >= 0.3 is 0 Å². The van der Waals surface area contributed by atoms with E-state index in [0.717, 1.165) is 44.9 Å². The Morgan fingerprint density at radius 2 is 2.13 bits per heavy atom. The van der Waals surface area contributed by atoms with Gasteiger partial charge in [0, 0.05) is 19.8 Å². The third-order valence-corrected chi connectivity index (χ3v) is 4.23. The summed E-state index contributed by atoms with van der Waals surface area (Å²) in [4.78, 5) is 12.0. The molecule has 1 aromatic rings. The Balaban J connectivity index is 0.00000192. The lowest BCUT2D eigenvalue weighted by Crippen LogP contribution is -2.29. The van der Waals surface area contributed by atoms with E-state index in [1.807, 2.05) is 4.68 Å². The largest absolute Gasteiger partial charge is 0.381 e. The highest BCUT2D eigenvalue weighted by atomic mass is 35.5. The van der Waals surface area contributed by atoms with Crippen LogP contribution in [0.15, 0.2) is 6.20 Å². The quantitative estimate of drug-likeness (QED) is 0.692. The fourth-order valence-corrected chi connectivity index (χ4v) is 2.63. The van der Waals surface area contributed by atoms with Crippen LogP contribution in [0.4, 0.5) is 0 Å². The van der Waals surface area contributed by atoms with Crippen molar-refractivity contribution in [2.24, 2.45) is 5.92 Å². The number of aromatic nitrogens is 3. The molecule has 1 amide bonds. The summed E-state index contributed by atoms with van der Waals surface area (Å²) in [5.74, 6) is 0.641. The van der Waals surface area contributed by atoms with Crippen molar-refractivity contribution in [2.75, 3.05) is 32.8 Å². The second kappa shape index (κ2) is 9.20. The molecule has 2 heterocycles. The highest BCUT2D eigenvalue weighted by Gasteiger charge is 2.21. The molecule has 3 rings (SSSR count). The van der Waals surface area contributed by atoms with Crippen LogP contribution in [0.3, 0.4) is 0 Å². The van der Waals surface area contributed by atoms with Crippen LogP contribution in [0.2, 0.25) is 0 Å². The first-order valence-corrected chi connectivity index (χ1v) is 8.31. The number of hydrogen-bond acceptors (Lipinski definition) is 5. The summed E-state index contributed by atoms with van der Waals surface area (Å²) in [5, 5.41) is 14.3. The number of carbonyl (C=O) groups excluding carboxylic acids is 1. The number of nitrogens with zero attached hydrogens (tertiary/aromatic N) is 3. The van der Waals surface area contributed by atoms with Crippen LogP contribution in [0.1, 0.15) is 48.6 Å². The number of nitrogens with one attached hydrogen (secondary N) is 2. The minimum absolute atomic E-state index is 0. The molecule has 130 valence electrons. The van der Waals surface area contributed by atoms with E-state index in [0.29, 0.717) is 24.9 Å². The van der Waals surface area contributed by atoms with Gasteiger partial charge in [0.2, 0.25) is 0 Å². The molecule has 1 aliphatic carbocycles. The third kappa shape index (κ3) is 5.75. The van der Waals surface area contributed by atoms with E-state index >= 15 is 0 Å². The van der Waals surface area contributed by atoms with Crippen molar-refractivity contribution >= 4 is 18.3 Å². The predicted molar refractivity (Wildman–Crippen MR) is 88.9 cm³/mol. The van der Waals surface area contributed by atoms with Crippen molar-refractivity contribution in [1.29, 1.82) is 0 Å². The van der Waals surface area contributed by atoms with E-state index in [2.05, 4.69) is 20.9 Å². The van der Waals surface area contributed by atoms with E-state index < -0.39 is 0 Å². The van der Waals surface area contributed by atoms with Crippen LogP contribution in [0.5, 0.6) is 0 Å². The minimum atomic E-state index is -0.151. The number of hydrogen-bond donors (Lipinski definition) is 2. The minimum Gasteiger partial charge on any atom is -0.381 e. The first-order valence-electron chi connectivity index (χ1n) is 8.31. The summed E-state index contributed by atoms with van der Waals surface area (Å²) in [6.07, 6.45) is 7.27. The molecule has 0 aromatic carbocycles. The van der Waals surface area contributed by atoms with Crippen molar-refractivity contribution < 1.29 is 9.53 Å². The molecule has 1 aliphatic heterocycles. The van der Waals surface area contributed by atoms with Gasteiger partial charge in [-0.15, -0.1) is 17.5 Å². The van der Waals surface area contributed by atoms with Crippen LogP contribution < -0.4 is 10.6 Å². The highest BCUT2D eigenvalue weighted by molar-refractivity contribution is 5.91. The molecule has 8 heteroatoms. The SMILES string of the molecule is Cl.O=C(NCCCOCC1CC1)c1cn(C2CCNCC2)nn1. The molecule has 1 saturated carbocycles. The van der Waals surface area contributed by atoms with Gasteiger partial charge in [-0.05, 0) is 51.1 Å². The first kappa shape index (κ1) is 18.2. The summed E-state index contributed by atoms with van der Waals surface area (Å²) in [6, 6.07) is 0.353. The molecular formula is C15H26ClN5O2. The van der Waals surface area contributed by atoms with Crippen molar-refractivity contribution in [2.45, 2.75) is 38.1 Å². The van der Waals surface area contributed by atoms with Crippen LogP contribution in [-0.4, -0.2) is 53.7 Å². The van der Waals surface area contributed by atoms with Gasteiger partial charge in [0.25, 0.3) is 5.91 Å². The summed E-state index contributed by atoms with van der Waals surface area (Å²) in [5.41, 5.74) is 0.400. The van der Waals surface area contributed by atoms with E-state index in [4.69, 9.17) is 4.74 Å². The van der Waals surface area contributed by atoms with Crippen LogP contribution >= 0.6 is 12.4 Å². The van der Waals surface area contributed by atoms with E-state index in [1.165, 1.54) is 12.8 Å². The molecule has 0 bridgehead atoms. The number of ether oxygens (including phenoxy) is 1. The summed E-state index contributed by atoms with van der Waals surface area (Å²) in [6.45, 7) is 4.18. The maximum absolute atomic E-state index is 12.0. The molecule has 0 spiro atoms. The van der Waals surface area contributed by atoms with Gasteiger partial charge in [0.1, 0.15) is 0 Å². The number of halogens is 1. The van der Waals surface area contributed by atoms with Gasteiger partial charge in [-0.3, -0.25) is 4.79 Å². The molecule has 1 saturated heterocycles. The average Bonchev–Trinajstić information content (AvgIpc) is 3.24. The molecule has 2 N–H and O–H groups in total. The summed E-state index contributed by atoms with van der Waals surface area (Å²) in [7, 11) is 0. The van der Waals surface area contributed by atoms with Gasteiger partial charge in [-0.1, -0.05) is 5.21 Å². The smallest absolute Gasteiger partial charge is 0.273 e. The van der Waals surface area contributed by atoms with E-state index in [9.17, 15) is 4.79 Å². The van der Waals surface area contributed by atoms with Crippen molar-refractivity contribution in [1.82, 2.24) is 25.6 Å². The Morgan fingerprint density at radius 3 is 2.87 bits per heavy atom. The lowest BCUT2D eigenvalue weighted by atomic mass is 10.1. The molecule has 0 unspecified atom stereocenters. The van der Waals surface area contributed by atoms with Gasteiger partial charge in [-0.2, -0.15) is 0 Å². The van der Waals surface area contributed by atoms with Crippen molar-refractivity contribution in [3.63, 3.8) is 0 Å². The zero-order valence-corrected chi connectivity index (χ0v) is 14.2. The van der Waals surface area contributed by atoms with Gasteiger partial charge in [0.15, 0.2) is 5.69 Å². The second-order valence-electron chi connectivity index (χ2n) is 6.19. The van der Waals surface area contributed by atoms with E-state index in [1.54, 1.807) is 6.20 Å². The van der Waals surface area contributed by atoms with Crippen LogP contribution in [0, 0.1) is 5.92 Å². The Labute approximate surface area is 142 Å². The number of piperidine rings is 1. The lowest BCUT2D eigenvalue weighted by molar-refractivity contribution is 0.0932. The molecule has 2 fully saturated rings. The molecular weight excluding hydrogens is 318 g/mol. The first-order chi connectivity index (χ1) is 10.8. The number of rotatable bonds is 8. The fraction of sp³-hybridized carbons (Fsp3) is 0.800. The predicted octanol–water partition coefficient (Wildman–Crippen LogP) is 1.17. The normalized spacial score (nSPS) is 18.4. The maximum Gasteiger partial charge on any atom is 0.273 e. The molecule has 23 heavy (non-hydrogen) atoms. The maximum atomic E-state index is 12.0. The van der Waals surface area contributed by atoms with Crippen LogP contribution in [0.25, 0.3) is 0 Å². The Morgan fingerprint density at radius 1 is 1.35 bits per heavy atom. The molecule has 1 aromatic heterocycles. The van der Waals surface area contributed by atoms with Crippen LogP contribution in [-0.2, 0) is 4.74 Å². The standard InChI is InChI=1S/C15H25N5O2.ClH/c21-15(17-6-1-9-22-11-12-2-3-12)14-10-20(19-18-14)13-4-7-16-8-5-13;/h10,12-13,16H,1-9,11H2,(H,17,21);1H. The Kier molecular flexibility index (Phi) is 7.26. The number of carbonyl (C=O) groups is 1. The lowest BCUT2D eigenvalue weighted by Gasteiger charge is -2.22. The Bertz CT molecular complexity index is 486. The molecule has 7 nitrogen and oxygen atoms in total. The molecule has 0 atom stereocenters. The Hall–Kier alpha value is -1.18. The molecule has 0 radical (unpaired) electrons. The molecule has 2 aliphatic rings. The fourth-order valence-electron chi connectivity index (χ4n) is 2.63. The zero-order valence-electron chi connectivity index (χ0n) is 13.4. The second-order valence-corrected chi connectivity index (χ2v) is 6.19. The number of amides is 1. The third-order valence-electron chi connectivity index (χ3n) is 4.23. The zero-order chi connectivity index (χ0) is 15.2. The van der Waals surface area contributed by atoms with E-state index in [-0.39, 0.29) is 18.3 Å². The van der Waals surface area contributed by atoms with Crippen molar-refractivity contribution in [3.05, 3.63) is 11.9 Å². The van der Waals surface area contributed by atoms with Gasteiger partial charge in [0.05, 0.1) is 12.2 Å².